The highest BCUT2D eigenvalue weighted by Crippen LogP contribution is 2.49. The summed E-state index contributed by atoms with van der Waals surface area (Å²) in [7, 11) is 0. The predicted molar refractivity (Wildman–Crippen MR) is 155 cm³/mol. The van der Waals surface area contributed by atoms with Gasteiger partial charge in [-0.2, -0.15) is 5.26 Å². The largest absolute Gasteiger partial charge is 0.309 e. The first-order chi connectivity index (χ1) is 18.5. The maximum Gasteiger partial charge on any atom is 0.196 e. The molecule has 0 spiro atoms. The van der Waals surface area contributed by atoms with Crippen LogP contribution in [0.1, 0.15) is 30.5 Å². The number of fused-ring (bicyclic) bond motifs is 6. The first-order valence-electron chi connectivity index (χ1n) is 12.7. The van der Waals surface area contributed by atoms with Gasteiger partial charge in [-0.25, -0.2) is 4.85 Å². The molecule has 0 N–H and O–H groups in total. The van der Waals surface area contributed by atoms with Gasteiger partial charge >= 0.3 is 0 Å². The maximum absolute atomic E-state index is 9.76. The van der Waals surface area contributed by atoms with Crippen LogP contribution in [-0.2, 0) is 5.41 Å². The summed E-state index contributed by atoms with van der Waals surface area (Å²) in [6, 6.07) is 37.9. The molecule has 0 bridgehead atoms. The molecule has 0 saturated carbocycles. The number of hydrogen-bond acceptors (Lipinski definition) is 1. The zero-order valence-electron chi connectivity index (χ0n) is 21.2. The molecule has 1 aliphatic carbocycles. The minimum Gasteiger partial charge on any atom is -0.309 e. The topological polar surface area (TPSA) is 33.1 Å². The first kappa shape index (κ1) is 22.1. The van der Waals surface area contributed by atoms with Crippen molar-refractivity contribution in [3.8, 4) is 34.0 Å². The SMILES string of the molecule is [C-]#[N+]c1cccc(C#N)c1-c1ccc2c(c1)c1ccccc1n2-c1ccc2c(c1)-c1ccccc1C2(C)C. The van der Waals surface area contributed by atoms with E-state index in [2.05, 4.69) is 108 Å². The average Bonchev–Trinajstić information content (AvgIpc) is 3.41. The molecule has 0 radical (unpaired) electrons. The third-order valence-corrected chi connectivity index (χ3v) is 8.07. The Kier molecular flexibility index (Phi) is 4.62. The molecule has 0 atom stereocenters. The van der Waals surface area contributed by atoms with Crippen LogP contribution in [0.5, 0.6) is 0 Å². The lowest BCUT2D eigenvalue weighted by Gasteiger charge is -2.21. The van der Waals surface area contributed by atoms with Gasteiger partial charge in [-0.15, -0.1) is 0 Å². The minimum absolute atomic E-state index is 0.0328. The predicted octanol–water partition coefficient (Wildman–Crippen LogP) is 9.18. The average molecular weight is 486 g/mol. The lowest BCUT2D eigenvalue weighted by molar-refractivity contribution is 0.660. The number of hydrogen-bond donors (Lipinski definition) is 0. The summed E-state index contributed by atoms with van der Waals surface area (Å²) in [5, 5.41) is 12.0. The second-order valence-corrected chi connectivity index (χ2v) is 10.4. The standard InChI is InChI=1S/C35H23N3/c1-35(2)29-12-6-4-10-25(29)27-20-24(16-17-30(27)35)38-32-14-7-5-11-26(32)28-19-22(15-18-33(28)38)34-23(21-36)9-8-13-31(34)37-3/h4-20H,1-2H3. The van der Waals surface area contributed by atoms with Crippen molar-refractivity contribution in [3.05, 3.63) is 131 Å². The van der Waals surface area contributed by atoms with Crippen LogP contribution in [0.2, 0.25) is 0 Å². The first-order valence-corrected chi connectivity index (χ1v) is 12.7. The van der Waals surface area contributed by atoms with Gasteiger partial charge in [0, 0.05) is 33.0 Å². The van der Waals surface area contributed by atoms with Crippen LogP contribution >= 0.6 is 0 Å². The zero-order chi connectivity index (χ0) is 26.0. The Hall–Kier alpha value is -5.12. The van der Waals surface area contributed by atoms with Gasteiger partial charge in [0.1, 0.15) is 0 Å². The molecule has 0 unspecified atom stereocenters. The van der Waals surface area contributed by atoms with E-state index in [0.717, 1.165) is 33.1 Å². The fourth-order valence-electron chi connectivity index (χ4n) is 6.28. The lowest BCUT2D eigenvalue weighted by Crippen LogP contribution is -2.14. The van der Waals surface area contributed by atoms with E-state index >= 15 is 0 Å². The van der Waals surface area contributed by atoms with E-state index in [1.165, 1.54) is 22.3 Å². The van der Waals surface area contributed by atoms with Crippen LogP contribution in [-0.4, -0.2) is 4.57 Å². The van der Waals surface area contributed by atoms with Crippen LogP contribution in [0.3, 0.4) is 0 Å². The van der Waals surface area contributed by atoms with Gasteiger partial charge in [-0.3, -0.25) is 0 Å². The lowest BCUT2D eigenvalue weighted by atomic mass is 9.82. The van der Waals surface area contributed by atoms with Crippen molar-refractivity contribution in [3.63, 3.8) is 0 Å². The maximum atomic E-state index is 9.76. The van der Waals surface area contributed by atoms with Gasteiger partial charge in [0.15, 0.2) is 5.69 Å². The normalized spacial score (nSPS) is 13.2. The molecule has 5 aromatic carbocycles. The second-order valence-electron chi connectivity index (χ2n) is 10.4. The summed E-state index contributed by atoms with van der Waals surface area (Å²) >= 11 is 0. The van der Waals surface area contributed by atoms with E-state index in [1.807, 2.05) is 6.07 Å². The van der Waals surface area contributed by atoms with Gasteiger partial charge in [0.05, 0.1) is 23.7 Å². The molecule has 0 aliphatic heterocycles. The fraction of sp³-hybridized carbons (Fsp3) is 0.0857. The molecule has 178 valence electrons. The fourth-order valence-corrected chi connectivity index (χ4v) is 6.28. The van der Waals surface area contributed by atoms with E-state index in [1.54, 1.807) is 18.2 Å². The molecule has 1 aliphatic rings. The summed E-state index contributed by atoms with van der Waals surface area (Å²) in [5.41, 5.74) is 11.2. The molecule has 3 nitrogen and oxygen atoms in total. The molecule has 1 aromatic heterocycles. The summed E-state index contributed by atoms with van der Waals surface area (Å²) in [6.07, 6.45) is 0. The Labute approximate surface area is 221 Å². The number of nitriles is 1. The van der Waals surface area contributed by atoms with Crippen molar-refractivity contribution >= 4 is 27.5 Å². The highest BCUT2D eigenvalue weighted by atomic mass is 15.0. The van der Waals surface area contributed by atoms with E-state index in [9.17, 15) is 5.26 Å². The molecule has 0 amide bonds. The van der Waals surface area contributed by atoms with Crippen molar-refractivity contribution in [1.29, 1.82) is 5.26 Å². The van der Waals surface area contributed by atoms with Crippen LogP contribution in [0.15, 0.2) is 103 Å². The van der Waals surface area contributed by atoms with Crippen molar-refractivity contribution < 1.29 is 0 Å². The molecule has 38 heavy (non-hydrogen) atoms. The van der Waals surface area contributed by atoms with E-state index in [-0.39, 0.29) is 5.41 Å². The van der Waals surface area contributed by atoms with Crippen molar-refractivity contribution in [1.82, 2.24) is 4.57 Å². The van der Waals surface area contributed by atoms with Gasteiger partial charge in [-0.05, 0) is 64.2 Å². The number of benzene rings is 5. The number of para-hydroxylation sites is 1. The molecule has 1 heterocycles. The molecule has 0 saturated heterocycles. The second kappa shape index (κ2) is 7.94. The van der Waals surface area contributed by atoms with Crippen LogP contribution in [0.25, 0.3) is 54.6 Å². The van der Waals surface area contributed by atoms with Gasteiger partial charge in [0.2, 0.25) is 0 Å². The van der Waals surface area contributed by atoms with Crippen molar-refractivity contribution in [2.45, 2.75) is 19.3 Å². The number of rotatable bonds is 2. The van der Waals surface area contributed by atoms with Crippen LogP contribution < -0.4 is 0 Å². The quantitative estimate of drug-likeness (QED) is 0.225. The molecule has 0 fully saturated rings. The van der Waals surface area contributed by atoms with E-state index < -0.39 is 0 Å². The molecule has 7 rings (SSSR count). The van der Waals surface area contributed by atoms with Crippen LogP contribution in [0, 0.1) is 17.9 Å². The highest BCUT2D eigenvalue weighted by Gasteiger charge is 2.35. The number of nitrogens with zero attached hydrogens (tertiary/aromatic N) is 3. The molecular weight excluding hydrogens is 462 g/mol. The van der Waals surface area contributed by atoms with Gasteiger partial charge in [-0.1, -0.05) is 80.6 Å². The van der Waals surface area contributed by atoms with Crippen LogP contribution in [0.4, 0.5) is 5.69 Å². The summed E-state index contributed by atoms with van der Waals surface area (Å²) in [5.74, 6) is 0. The Morgan fingerprint density at radius 2 is 1.50 bits per heavy atom. The van der Waals surface area contributed by atoms with Crippen molar-refractivity contribution in [2.75, 3.05) is 0 Å². The Balaban J connectivity index is 1.50. The van der Waals surface area contributed by atoms with Gasteiger partial charge in [0.25, 0.3) is 0 Å². The molecular formula is C35H23N3. The molecule has 6 aromatic rings. The monoisotopic (exact) mass is 485 g/mol. The Bertz CT molecular complexity index is 1990. The number of aromatic nitrogens is 1. The summed E-state index contributed by atoms with van der Waals surface area (Å²) in [6.45, 7) is 12.3. The smallest absolute Gasteiger partial charge is 0.196 e. The van der Waals surface area contributed by atoms with E-state index in [0.29, 0.717) is 16.8 Å². The van der Waals surface area contributed by atoms with Crippen molar-refractivity contribution in [2.24, 2.45) is 0 Å². The zero-order valence-corrected chi connectivity index (χ0v) is 21.2. The summed E-state index contributed by atoms with van der Waals surface area (Å²) in [4.78, 5) is 3.71. The Morgan fingerprint density at radius 3 is 2.34 bits per heavy atom. The van der Waals surface area contributed by atoms with Gasteiger partial charge < -0.3 is 4.57 Å². The highest BCUT2D eigenvalue weighted by molar-refractivity contribution is 6.11. The van der Waals surface area contributed by atoms with E-state index in [4.69, 9.17) is 6.57 Å². The third-order valence-electron chi connectivity index (χ3n) is 8.07. The Morgan fingerprint density at radius 1 is 0.737 bits per heavy atom. The third kappa shape index (κ3) is 2.94. The molecule has 3 heteroatoms. The summed E-state index contributed by atoms with van der Waals surface area (Å²) < 4.78 is 2.33. The minimum atomic E-state index is -0.0328.